The molecule has 0 aliphatic heterocycles. The Balaban J connectivity index is 2.04. The predicted molar refractivity (Wildman–Crippen MR) is 81.5 cm³/mol. The fourth-order valence-corrected chi connectivity index (χ4v) is 2.22. The van der Waals surface area contributed by atoms with E-state index in [0.717, 1.165) is 5.56 Å². The van der Waals surface area contributed by atoms with Crippen molar-refractivity contribution in [1.82, 2.24) is 0 Å². The molecule has 0 spiro atoms. The molecule has 108 valence electrons. The molecule has 2 aromatic rings. The van der Waals surface area contributed by atoms with Crippen LogP contribution in [0.4, 0.5) is 0 Å². The molecule has 2 aromatic carbocycles. The average Bonchev–Trinajstić information content (AvgIpc) is 2.48. The Morgan fingerprint density at radius 3 is 2.29 bits per heavy atom. The molecule has 3 heteroatoms. The predicted octanol–water partition coefficient (Wildman–Crippen LogP) is 3.68. The van der Waals surface area contributed by atoms with Gasteiger partial charge in [-0.05, 0) is 31.5 Å². The Morgan fingerprint density at radius 2 is 1.62 bits per heavy atom. The fourth-order valence-electron chi connectivity index (χ4n) is 2.22. The van der Waals surface area contributed by atoms with E-state index in [0.29, 0.717) is 17.5 Å². The van der Waals surface area contributed by atoms with E-state index < -0.39 is 0 Å². The van der Waals surface area contributed by atoms with Crippen LogP contribution < -0.4 is 0 Å². The van der Waals surface area contributed by atoms with Gasteiger partial charge >= 0.3 is 5.97 Å². The van der Waals surface area contributed by atoms with Crippen LogP contribution in [0.2, 0.25) is 0 Å². The quantitative estimate of drug-likeness (QED) is 0.620. The zero-order chi connectivity index (χ0) is 15.2. The van der Waals surface area contributed by atoms with E-state index in [1.54, 1.807) is 37.3 Å². The standard InChI is InChI=1S/C18H18O3/c1-13(21-18(20)15-8-4-3-5-9-15)12-16-10-6-7-11-17(16)14(2)19/h3-11,13H,12H2,1-2H3. The maximum Gasteiger partial charge on any atom is 0.338 e. The Kier molecular flexibility index (Phi) is 4.88. The number of hydrogen-bond acceptors (Lipinski definition) is 3. The first kappa shape index (κ1) is 15.0. The van der Waals surface area contributed by atoms with Gasteiger partial charge in [-0.3, -0.25) is 4.79 Å². The van der Waals surface area contributed by atoms with Crippen molar-refractivity contribution in [3.8, 4) is 0 Å². The zero-order valence-corrected chi connectivity index (χ0v) is 12.2. The summed E-state index contributed by atoms with van der Waals surface area (Å²) in [6, 6.07) is 16.3. The van der Waals surface area contributed by atoms with E-state index >= 15 is 0 Å². The molecule has 21 heavy (non-hydrogen) atoms. The summed E-state index contributed by atoms with van der Waals surface area (Å²) in [5.41, 5.74) is 2.11. The van der Waals surface area contributed by atoms with Crippen LogP contribution in [0.3, 0.4) is 0 Å². The maximum atomic E-state index is 12.0. The summed E-state index contributed by atoms with van der Waals surface area (Å²) >= 11 is 0. The number of rotatable bonds is 5. The lowest BCUT2D eigenvalue weighted by atomic mass is 9.99. The highest BCUT2D eigenvalue weighted by molar-refractivity contribution is 5.95. The number of benzene rings is 2. The summed E-state index contributed by atoms with van der Waals surface area (Å²) in [5.74, 6) is -0.324. The summed E-state index contributed by atoms with van der Waals surface area (Å²) in [7, 11) is 0. The monoisotopic (exact) mass is 282 g/mol. The van der Waals surface area contributed by atoms with Crippen LogP contribution in [0.1, 0.15) is 40.1 Å². The van der Waals surface area contributed by atoms with Crippen LogP contribution >= 0.6 is 0 Å². The number of esters is 1. The lowest BCUT2D eigenvalue weighted by Gasteiger charge is -2.15. The molecule has 2 rings (SSSR count). The van der Waals surface area contributed by atoms with E-state index in [9.17, 15) is 9.59 Å². The van der Waals surface area contributed by atoms with E-state index in [1.165, 1.54) is 0 Å². The van der Waals surface area contributed by atoms with Gasteiger partial charge in [-0.1, -0.05) is 42.5 Å². The molecule has 0 aliphatic carbocycles. The Morgan fingerprint density at radius 1 is 1.00 bits per heavy atom. The molecule has 0 bridgehead atoms. The summed E-state index contributed by atoms with van der Waals surface area (Å²) in [4.78, 5) is 23.6. The lowest BCUT2D eigenvalue weighted by Crippen LogP contribution is -2.18. The number of ketones is 1. The molecular formula is C18H18O3. The van der Waals surface area contributed by atoms with Crippen molar-refractivity contribution in [1.29, 1.82) is 0 Å². The number of ether oxygens (including phenoxy) is 1. The second kappa shape index (κ2) is 6.84. The van der Waals surface area contributed by atoms with E-state index in [4.69, 9.17) is 4.74 Å². The van der Waals surface area contributed by atoms with E-state index in [2.05, 4.69) is 0 Å². The van der Waals surface area contributed by atoms with Crippen LogP contribution in [-0.4, -0.2) is 17.9 Å². The first-order chi connectivity index (χ1) is 10.1. The van der Waals surface area contributed by atoms with Crippen molar-refractivity contribution >= 4 is 11.8 Å². The molecule has 0 aromatic heterocycles. The van der Waals surface area contributed by atoms with Gasteiger partial charge in [0.15, 0.2) is 5.78 Å². The normalized spacial score (nSPS) is 11.7. The highest BCUT2D eigenvalue weighted by Gasteiger charge is 2.14. The zero-order valence-electron chi connectivity index (χ0n) is 12.2. The number of hydrogen-bond donors (Lipinski definition) is 0. The minimum atomic E-state index is -0.344. The van der Waals surface area contributed by atoms with Crippen molar-refractivity contribution in [2.45, 2.75) is 26.4 Å². The smallest absolute Gasteiger partial charge is 0.338 e. The van der Waals surface area contributed by atoms with Gasteiger partial charge in [0.05, 0.1) is 5.56 Å². The molecule has 3 nitrogen and oxygen atoms in total. The number of Topliss-reactive ketones (excluding diaryl/α,β-unsaturated/α-hetero) is 1. The maximum absolute atomic E-state index is 12.0. The van der Waals surface area contributed by atoms with Gasteiger partial charge in [0.1, 0.15) is 6.10 Å². The van der Waals surface area contributed by atoms with Crippen LogP contribution in [-0.2, 0) is 11.2 Å². The van der Waals surface area contributed by atoms with Gasteiger partial charge < -0.3 is 4.74 Å². The fraction of sp³-hybridized carbons (Fsp3) is 0.222. The summed E-state index contributed by atoms with van der Waals surface area (Å²) in [6.45, 7) is 3.37. The highest BCUT2D eigenvalue weighted by Crippen LogP contribution is 2.14. The number of carbonyl (C=O) groups excluding carboxylic acids is 2. The van der Waals surface area contributed by atoms with Gasteiger partial charge in [-0.2, -0.15) is 0 Å². The van der Waals surface area contributed by atoms with Crippen LogP contribution in [0.5, 0.6) is 0 Å². The van der Waals surface area contributed by atoms with Crippen LogP contribution in [0, 0.1) is 0 Å². The Labute approximate surface area is 124 Å². The van der Waals surface area contributed by atoms with Crippen molar-refractivity contribution in [2.75, 3.05) is 0 Å². The Hall–Kier alpha value is -2.42. The van der Waals surface area contributed by atoms with Crippen molar-refractivity contribution in [2.24, 2.45) is 0 Å². The molecule has 1 atom stereocenters. The second-order valence-corrected chi connectivity index (χ2v) is 5.00. The van der Waals surface area contributed by atoms with E-state index in [-0.39, 0.29) is 17.9 Å². The van der Waals surface area contributed by atoms with Crippen LogP contribution in [0.25, 0.3) is 0 Å². The molecule has 0 saturated carbocycles. The number of carbonyl (C=O) groups is 2. The molecule has 1 unspecified atom stereocenters. The molecule has 0 amide bonds. The molecular weight excluding hydrogens is 264 g/mol. The average molecular weight is 282 g/mol. The second-order valence-electron chi connectivity index (χ2n) is 5.00. The Bertz CT molecular complexity index is 632. The molecule has 0 radical (unpaired) electrons. The molecule has 0 N–H and O–H groups in total. The molecule has 0 fully saturated rings. The van der Waals surface area contributed by atoms with Crippen LogP contribution in [0.15, 0.2) is 54.6 Å². The SMILES string of the molecule is CC(=O)c1ccccc1CC(C)OC(=O)c1ccccc1. The molecule has 0 saturated heterocycles. The summed E-state index contributed by atoms with van der Waals surface area (Å²) < 4.78 is 5.42. The van der Waals surface area contributed by atoms with Gasteiger partial charge in [-0.15, -0.1) is 0 Å². The largest absolute Gasteiger partial charge is 0.459 e. The lowest BCUT2D eigenvalue weighted by molar-refractivity contribution is 0.0343. The highest BCUT2D eigenvalue weighted by atomic mass is 16.5. The third kappa shape index (κ3) is 4.02. The summed E-state index contributed by atoms with van der Waals surface area (Å²) in [5, 5.41) is 0. The van der Waals surface area contributed by atoms with Gasteiger partial charge in [0.2, 0.25) is 0 Å². The first-order valence-electron chi connectivity index (χ1n) is 6.93. The minimum absolute atomic E-state index is 0.0205. The molecule has 0 aliphatic rings. The van der Waals surface area contributed by atoms with Gasteiger partial charge in [0.25, 0.3) is 0 Å². The topological polar surface area (TPSA) is 43.4 Å². The van der Waals surface area contributed by atoms with Gasteiger partial charge in [0, 0.05) is 12.0 Å². The van der Waals surface area contributed by atoms with E-state index in [1.807, 2.05) is 31.2 Å². The minimum Gasteiger partial charge on any atom is -0.459 e. The first-order valence-corrected chi connectivity index (χ1v) is 6.93. The van der Waals surface area contributed by atoms with Crippen molar-refractivity contribution in [3.05, 3.63) is 71.3 Å². The molecule has 0 heterocycles. The van der Waals surface area contributed by atoms with Gasteiger partial charge in [-0.25, -0.2) is 4.79 Å². The van der Waals surface area contributed by atoms with Crippen molar-refractivity contribution in [3.63, 3.8) is 0 Å². The van der Waals surface area contributed by atoms with Crippen molar-refractivity contribution < 1.29 is 14.3 Å². The third-order valence-electron chi connectivity index (χ3n) is 3.22. The summed E-state index contributed by atoms with van der Waals surface area (Å²) in [6.07, 6.45) is 0.229. The third-order valence-corrected chi connectivity index (χ3v) is 3.22.